The van der Waals surface area contributed by atoms with Crippen molar-refractivity contribution in [2.24, 2.45) is 5.92 Å². The number of thiophene rings is 1. The number of para-hydroxylation sites is 1. The number of hydrogen-bond donors (Lipinski definition) is 1. The lowest BCUT2D eigenvalue weighted by atomic mass is 10.0. The molecule has 4 aromatic rings. The van der Waals surface area contributed by atoms with E-state index in [1.54, 1.807) is 51.2 Å². The van der Waals surface area contributed by atoms with Gasteiger partial charge in [0.25, 0.3) is 5.91 Å². The van der Waals surface area contributed by atoms with Gasteiger partial charge in [-0.15, -0.1) is 22.7 Å². The van der Waals surface area contributed by atoms with Crippen LogP contribution < -0.4 is 5.32 Å². The minimum atomic E-state index is -3.57. The highest BCUT2D eigenvalue weighted by Gasteiger charge is 2.29. The van der Waals surface area contributed by atoms with Crippen LogP contribution in [0, 0.1) is 5.92 Å². The summed E-state index contributed by atoms with van der Waals surface area (Å²) < 4.78 is 29.0. The molecule has 10 heteroatoms. The number of benzene rings is 2. The third-order valence-electron chi connectivity index (χ3n) is 7.36. The standard InChI is InChI=1S/C28H30N4O3S3/c1-18-6-5-14-32(16-18)38(34,35)20-11-9-19(10-12-20)26(33)30-28-25(21-13-15-31(2)17-24(21)37-28)27-29-22-7-3-4-8-23(22)36-27/h3-4,7-12,18H,5-6,13-17H2,1-2H3,(H,30,33). The van der Waals surface area contributed by atoms with Gasteiger partial charge < -0.3 is 10.2 Å². The number of rotatable bonds is 5. The topological polar surface area (TPSA) is 82.6 Å². The Morgan fingerprint density at radius 1 is 1.08 bits per heavy atom. The van der Waals surface area contributed by atoms with Gasteiger partial charge in [-0.3, -0.25) is 4.79 Å². The Balaban J connectivity index is 1.29. The number of amides is 1. The van der Waals surface area contributed by atoms with E-state index >= 15 is 0 Å². The Kier molecular flexibility index (Phi) is 6.86. The quantitative estimate of drug-likeness (QED) is 0.336. The van der Waals surface area contributed by atoms with Gasteiger partial charge in [-0.25, -0.2) is 13.4 Å². The van der Waals surface area contributed by atoms with Crippen molar-refractivity contribution in [2.75, 3.05) is 32.0 Å². The van der Waals surface area contributed by atoms with Gasteiger partial charge in [0.1, 0.15) is 10.0 Å². The van der Waals surface area contributed by atoms with Gasteiger partial charge in [-0.2, -0.15) is 4.31 Å². The van der Waals surface area contributed by atoms with Gasteiger partial charge >= 0.3 is 0 Å². The highest BCUT2D eigenvalue weighted by atomic mass is 32.2. The Hall–Kier alpha value is -2.63. The molecule has 0 spiro atoms. The number of likely N-dealkylation sites (N-methyl/N-ethyl adjacent to an activating group) is 1. The van der Waals surface area contributed by atoms with Gasteiger partial charge in [0, 0.05) is 42.2 Å². The maximum absolute atomic E-state index is 13.4. The van der Waals surface area contributed by atoms with Crippen LogP contribution in [-0.4, -0.2) is 55.2 Å². The van der Waals surface area contributed by atoms with E-state index in [1.165, 1.54) is 10.4 Å². The number of thiazole rings is 1. The van der Waals surface area contributed by atoms with Crippen LogP contribution in [-0.2, 0) is 23.0 Å². The first-order chi connectivity index (χ1) is 18.3. The van der Waals surface area contributed by atoms with E-state index < -0.39 is 10.0 Å². The highest BCUT2D eigenvalue weighted by molar-refractivity contribution is 7.89. The van der Waals surface area contributed by atoms with Gasteiger partial charge in [0.05, 0.1) is 15.1 Å². The van der Waals surface area contributed by atoms with Crippen LogP contribution >= 0.6 is 22.7 Å². The van der Waals surface area contributed by atoms with E-state index in [0.717, 1.165) is 58.1 Å². The van der Waals surface area contributed by atoms with E-state index in [2.05, 4.69) is 30.3 Å². The third kappa shape index (κ3) is 4.80. The summed E-state index contributed by atoms with van der Waals surface area (Å²) in [6.45, 7) is 4.97. The Labute approximate surface area is 231 Å². The van der Waals surface area contributed by atoms with Crippen molar-refractivity contribution in [1.82, 2.24) is 14.2 Å². The summed E-state index contributed by atoms with van der Waals surface area (Å²) in [4.78, 5) is 22.0. The zero-order valence-corrected chi connectivity index (χ0v) is 23.9. The van der Waals surface area contributed by atoms with Crippen LogP contribution in [0.4, 0.5) is 5.00 Å². The predicted octanol–water partition coefficient (Wildman–Crippen LogP) is 5.69. The fourth-order valence-electron chi connectivity index (χ4n) is 5.29. The second-order valence-corrected chi connectivity index (χ2v) is 14.3. The van der Waals surface area contributed by atoms with E-state index in [0.29, 0.717) is 24.6 Å². The molecule has 1 fully saturated rings. The number of fused-ring (bicyclic) bond motifs is 2. The van der Waals surface area contributed by atoms with Crippen LogP contribution in [0.25, 0.3) is 20.8 Å². The minimum Gasteiger partial charge on any atom is -0.313 e. The van der Waals surface area contributed by atoms with E-state index in [-0.39, 0.29) is 10.8 Å². The molecule has 1 N–H and O–H groups in total. The van der Waals surface area contributed by atoms with Gasteiger partial charge in [0.15, 0.2) is 0 Å². The van der Waals surface area contributed by atoms with Gasteiger partial charge in [-0.1, -0.05) is 19.1 Å². The second-order valence-electron chi connectivity index (χ2n) is 10.3. The van der Waals surface area contributed by atoms with Crippen LogP contribution in [0.15, 0.2) is 53.4 Å². The molecular weight excluding hydrogens is 537 g/mol. The number of nitrogens with zero attached hydrogens (tertiary/aromatic N) is 3. The smallest absolute Gasteiger partial charge is 0.256 e. The number of sulfonamides is 1. The normalized spacial score (nSPS) is 18.9. The molecule has 1 amide bonds. The summed E-state index contributed by atoms with van der Waals surface area (Å²) in [6, 6.07) is 14.4. The molecular formula is C28H30N4O3S3. The first-order valence-corrected chi connectivity index (χ1v) is 16.0. The molecule has 0 aliphatic carbocycles. The number of piperidine rings is 1. The molecule has 2 aliphatic heterocycles. The van der Waals surface area contributed by atoms with Crippen molar-refractivity contribution >= 4 is 53.8 Å². The van der Waals surface area contributed by atoms with Crippen molar-refractivity contribution in [2.45, 2.75) is 37.6 Å². The molecule has 2 aliphatic rings. The molecule has 0 bridgehead atoms. The maximum Gasteiger partial charge on any atom is 0.256 e. The average Bonchev–Trinajstić information content (AvgIpc) is 3.49. The van der Waals surface area contributed by atoms with E-state index in [9.17, 15) is 13.2 Å². The highest BCUT2D eigenvalue weighted by Crippen LogP contribution is 2.45. The lowest BCUT2D eigenvalue weighted by Gasteiger charge is -2.30. The number of anilines is 1. The summed E-state index contributed by atoms with van der Waals surface area (Å²) in [7, 11) is -1.46. The molecule has 1 atom stereocenters. The zero-order chi connectivity index (χ0) is 26.4. The van der Waals surface area contributed by atoms with Crippen LogP contribution in [0.1, 0.15) is 40.6 Å². The lowest BCUT2D eigenvalue weighted by Crippen LogP contribution is -2.39. The molecule has 0 saturated carbocycles. The second kappa shape index (κ2) is 10.2. The van der Waals surface area contributed by atoms with Gasteiger partial charge in [-0.05, 0) is 74.2 Å². The Bertz CT molecular complexity index is 1580. The molecule has 198 valence electrons. The van der Waals surface area contributed by atoms with Crippen molar-refractivity contribution in [3.05, 3.63) is 64.5 Å². The zero-order valence-electron chi connectivity index (χ0n) is 21.4. The van der Waals surface area contributed by atoms with E-state index in [4.69, 9.17) is 4.98 Å². The summed E-state index contributed by atoms with van der Waals surface area (Å²) >= 11 is 3.25. The number of aromatic nitrogens is 1. The SMILES string of the molecule is CC1CCCN(S(=O)(=O)c2ccc(C(=O)Nc3sc4c(c3-c3nc5ccccc5s3)CCN(C)C4)cc2)C1. The number of carbonyl (C=O) groups is 1. The fourth-order valence-corrected chi connectivity index (χ4v) is 9.32. The largest absolute Gasteiger partial charge is 0.313 e. The third-order valence-corrected chi connectivity index (χ3v) is 11.4. The molecule has 1 saturated heterocycles. The molecule has 2 aromatic carbocycles. The average molecular weight is 567 g/mol. The predicted molar refractivity (Wildman–Crippen MR) is 155 cm³/mol. The maximum atomic E-state index is 13.4. The summed E-state index contributed by atoms with van der Waals surface area (Å²) in [5, 5.41) is 4.85. The molecule has 6 rings (SSSR count). The molecule has 7 nitrogen and oxygen atoms in total. The summed E-state index contributed by atoms with van der Waals surface area (Å²) in [5.74, 6) is 0.0967. The van der Waals surface area contributed by atoms with Crippen LogP contribution in [0.2, 0.25) is 0 Å². The van der Waals surface area contributed by atoms with Crippen molar-refractivity contribution in [1.29, 1.82) is 0 Å². The number of carbonyl (C=O) groups excluding carboxylic acids is 1. The summed E-state index contributed by atoms with van der Waals surface area (Å²) in [6.07, 6.45) is 2.83. The minimum absolute atomic E-state index is 0.230. The van der Waals surface area contributed by atoms with Crippen LogP contribution in [0.3, 0.4) is 0 Å². The molecule has 38 heavy (non-hydrogen) atoms. The Morgan fingerprint density at radius 2 is 1.87 bits per heavy atom. The molecule has 0 radical (unpaired) electrons. The number of hydrogen-bond acceptors (Lipinski definition) is 7. The molecule has 1 unspecified atom stereocenters. The first-order valence-electron chi connectivity index (χ1n) is 12.9. The summed E-state index contributed by atoms with van der Waals surface area (Å²) in [5.41, 5.74) is 3.66. The number of nitrogens with one attached hydrogen (secondary N) is 1. The van der Waals surface area contributed by atoms with Crippen molar-refractivity contribution < 1.29 is 13.2 Å². The Morgan fingerprint density at radius 3 is 2.63 bits per heavy atom. The molecule has 2 aromatic heterocycles. The van der Waals surface area contributed by atoms with E-state index in [1.807, 2.05) is 18.2 Å². The first kappa shape index (κ1) is 25.6. The van der Waals surface area contributed by atoms with Crippen molar-refractivity contribution in [3.8, 4) is 10.6 Å². The van der Waals surface area contributed by atoms with Gasteiger partial charge in [0.2, 0.25) is 10.0 Å². The lowest BCUT2D eigenvalue weighted by molar-refractivity contribution is 0.102. The monoisotopic (exact) mass is 566 g/mol. The van der Waals surface area contributed by atoms with Crippen LogP contribution in [0.5, 0.6) is 0 Å². The molecule has 4 heterocycles. The fraction of sp³-hybridized carbons (Fsp3) is 0.357. The van der Waals surface area contributed by atoms with Crippen molar-refractivity contribution in [3.63, 3.8) is 0 Å².